The molecule has 1 aliphatic heterocycles. The number of ether oxygens (including phenoxy) is 1. The van der Waals surface area contributed by atoms with Crippen molar-refractivity contribution in [1.29, 1.82) is 0 Å². The third kappa shape index (κ3) is 6.01. The van der Waals surface area contributed by atoms with Crippen LogP contribution in [0, 0.1) is 10.1 Å². The number of carbonyl (C=O) groups excluding carboxylic acids is 2. The first kappa shape index (κ1) is 27.6. The average molecular weight is 640 g/mol. The second kappa shape index (κ2) is 11.2. The van der Waals surface area contributed by atoms with E-state index in [0.717, 1.165) is 40.4 Å². The Morgan fingerprint density at radius 1 is 1.13 bits per heavy atom. The van der Waals surface area contributed by atoms with Crippen LogP contribution in [-0.4, -0.2) is 36.5 Å². The lowest BCUT2D eigenvalue weighted by Crippen LogP contribution is -2.27. The summed E-state index contributed by atoms with van der Waals surface area (Å²) in [6, 6.07) is 14.1. The van der Waals surface area contributed by atoms with Crippen LogP contribution in [0.3, 0.4) is 0 Å². The highest BCUT2D eigenvalue weighted by Gasteiger charge is 2.35. The predicted octanol–water partition coefficient (Wildman–Crippen LogP) is 6.02. The molecule has 0 aliphatic carbocycles. The van der Waals surface area contributed by atoms with E-state index in [-0.39, 0.29) is 27.4 Å². The van der Waals surface area contributed by atoms with Crippen LogP contribution in [0.15, 0.2) is 74.9 Å². The molecule has 0 N–H and O–H groups in total. The number of nitro benzene ring substituents is 1. The van der Waals surface area contributed by atoms with Crippen molar-refractivity contribution in [2.24, 2.45) is 0 Å². The Hall–Kier alpha value is -3.39. The zero-order chi connectivity index (χ0) is 27.6. The monoisotopic (exact) mass is 638 g/mol. The number of imide groups is 1. The molecule has 14 heteroatoms. The van der Waals surface area contributed by atoms with Crippen LogP contribution in [0.2, 0.25) is 5.02 Å². The van der Waals surface area contributed by atoms with Crippen LogP contribution in [0.5, 0.6) is 11.5 Å². The van der Waals surface area contributed by atoms with Crippen molar-refractivity contribution in [3.05, 3.63) is 96.3 Å². The van der Waals surface area contributed by atoms with Gasteiger partial charge in [-0.3, -0.25) is 24.6 Å². The quantitative estimate of drug-likeness (QED) is 0.125. The summed E-state index contributed by atoms with van der Waals surface area (Å²) in [5.41, 5.74) is 0.737. The van der Waals surface area contributed by atoms with Crippen molar-refractivity contribution in [1.82, 2.24) is 4.90 Å². The summed E-state index contributed by atoms with van der Waals surface area (Å²) >= 11 is 9.91. The van der Waals surface area contributed by atoms with Gasteiger partial charge in [0.1, 0.15) is 4.90 Å². The van der Waals surface area contributed by atoms with Crippen molar-refractivity contribution in [3.8, 4) is 11.5 Å². The van der Waals surface area contributed by atoms with Crippen LogP contribution in [0.25, 0.3) is 6.08 Å². The summed E-state index contributed by atoms with van der Waals surface area (Å²) < 4.78 is 36.3. The Morgan fingerprint density at radius 2 is 1.84 bits per heavy atom. The number of halogens is 2. The minimum atomic E-state index is -4.46. The van der Waals surface area contributed by atoms with Gasteiger partial charge in [-0.2, -0.15) is 8.42 Å². The maximum absolute atomic E-state index is 12.9. The Labute approximate surface area is 234 Å². The fraction of sp³-hybridized carbons (Fsp3) is 0.0833. The lowest BCUT2D eigenvalue weighted by molar-refractivity contribution is -0.385. The summed E-state index contributed by atoms with van der Waals surface area (Å²) in [5.74, 6) is -0.689. The van der Waals surface area contributed by atoms with E-state index in [4.69, 9.17) is 20.5 Å². The Bertz CT molecular complexity index is 1590. The van der Waals surface area contributed by atoms with Crippen LogP contribution < -0.4 is 8.92 Å². The standard InChI is InChI=1S/C24H16BrClN2O8S2/c1-35-20-10-15(11-21-23(29)27(24(30)37-21)13-14-5-7-16(26)8-6-14)9-19(25)22(20)36-38(33,34)18-4-2-3-17(12-18)28(31)32/h2-12H,13H2,1H3/b21-11-. The molecule has 3 aromatic carbocycles. The molecule has 3 aromatic rings. The molecule has 4 rings (SSSR count). The number of thioether (sulfide) groups is 1. The Morgan fingerprint density at radius 3 is 2.50 bits per heavy atom. The zero-order valence-corrected chi connectivity index (χ0v) is 23.3. The molecule has 1 aliphatic rings. The Balaban J connectivity index is 1.60. The van der Waals surface area contributed by atoms with E-state index in [1.807, 2.05) is 0 Å². The summed E-state index contributed by atoms with van der Waals surface area (Å²) in [4.78, 5) is 36.6. The molecular formula is C24H16BrClN2O8S2. The lowest BCUT2D eigenvalue weighted by atomic mass is 10.1. The van der Waals surface area contributed by atoms with Gasteiger partial charge in [-0.05, 0) is 75.2 Å². The van der Waals surface area contributed by atoms with Gasteiger partial charge in [-0.1, -0.05) is 29.8 Å². The number of hydrogen-bond donors (Lipinski definition) is 0. The number of methoxy groups -OCH3 is 1. The number of amides is 2. The van der Waals surface area contributed by atoms with E-state index in [2.05, 4.69) is 15.9 Å². The van der Waals surface area contributed by atoms with E-state index in [1.165, 1.54) is 31.4 Å². The largest absolute Gasteiger partial charge is 0.493 e. The van der Waals surface area contributed by atoms with Gasteiger partial charge in [0.25, 0.3) is 16.8 Å². The van der Waals surface area contributed by atoms with Gasteiger partial charge < -0.3 is 8.92 Å². The number of non-ortho nitro benzene ring substituents is 1. The second-order valence-corrected chi connectivity index (χ2v) is 11.6. The van der Waals surface area contributed by atoms with Crippen LogP contribution >= 0.6 is 39.3 Å². The van der Waals surface area contributed by atoms with Gasteiger partial charge in [-0.15, -0.1) is 0 Å². The first-order valence-corrected chi connectivity index (χ1v) is 13.9. The fourth-order valence-corrected chi connectivity index (χ4v) is 5.98. The zero-order valence-electron chi connectivity index (χ0n) is 19.3. The molecule has 10 nitrogen and oxygen atoms in total. The smallest absolute Gasteiger partial charge is 0.339 e. The highest BCUT2D eigenvalue weighted by atomic mass is 79.9. The maximum atomic E-state index is 12.9. The summed E-state index contributed by atoms with van der Waals surface area (Å²) in [6.45, 7) is 0.0779. The molecule has 0 spiro atoms. The van der Waals surface area contributed by atoms with E-state index in [9.17, 15) is 28.1 Å². The number of benzene rings is 3. The van der Waals surface area contributed by atoms with Crippen molar-refractivity contribution in [2.75, 3.05) is 7.11 Å². The lowest BCUT2D eigenvalue weighted by Gasteiger charge is -2.14. The number of hydrogen-bond acceptors (Lipinski definition) is 9. The van der Waals surface area contributed by atoms with Crippen molar-refractivity contribution >= 4 is 72.3 Å². The molecule has 38 heavy (non-hydrogen) atoms. The average Bonchev–Trinajstić information content (AvgIpc) is 3.14. The number of rotatable bonds is 8. The predicted molar refractivity (Wildman–Crippen MR) is 145 cm³/mol. The first-order chi connectivity index (χ1) is 18.0. The molecule has 1 fully saturated rings. The summed E-state index contributed by atoms with van der Waals surface area (Å²) in [5, 5.41) is 11.1. The van der Waals surface area contributed by atoms with E-state index < -0.39 is 36.8 Å². The van der Waals surface area contributed by atoms with Gasteiger partial charge in [0, 0.05) is 17.2 Å². The molecule has 0 radical (unpaired) electrons. The highest BCUT2D eigenvalue weighted by molar-refractivity contribution is 9.10. The van der Waals surface area contributed by atoms with Gasteiger partial charge in [0.2, 0.25) is 0 Å². The van der Waals surface area contributed by atoms with Crippen LogP contribution in [0.4, 0.5) is 10.5 Å². The molecular weight excluding hydrogens is 624 g/mol. The minimum absolute atomic E-state index is 0.0000219. The molecule has 0 aromatic heterocycles. The summed E-state index contributed by atoms with van der Waals surface area (Å²) in [7, 11) is -3.17. The van der Waals surface area contributed by atoms with Crippen LogP contribution in [-0.2, 0) is 21.5 Å². The van der Waals surface area contributed by atoms with E-state index >= 15 is 0 Å². The topological polar surface area (TPSA) is 133 Å². The third-order valence-corrected chi connectivity index (χ3v) is 8.15. The first-order valence-electron chi connectivity index (χ1n) is 10.5. The summed E-state index contributed by atoms with van der Waals surface area (Å²) in [6.07, 6.45) is 1.47. The van der Waals surface area contributed by atoms with Crippen molar-refractivity contribution in [2.45, 2.75) is 11.4 Å². The van der Waals surface area contributed by atoms with E-state index in [0.29, 0.717) is 10.6 Å². The van der Waals surface area contributed by atoms with Crippen molar-refractivity contribution < 1.29 is 31.9 Å². The molecule has 1 heterocycles. The Kier molecular flexibility index (Phi) is 8.11. The van der Waals surface area contributed by atoms with Crippen molar-refractivity contribution in [3.63, 3.8) is 0 Å². The highest BCUT2D eigenvalue weighted by Crippen LogP contribution is 2.40. The fourth-order valence-electron chi connectivity index (χ4n) is 3.37. The van der Waals surface area contributed by atoms with Crippen LogP contribution in [0.1, 0.15) is 11.1 Å². The minimum Gasteiger partial charge on any atom is -0.493 e. The SMILES string of the molecule is COc1cc(/C=C2\SC(=O)N(Cc3ccc(Cl)cc3)C2=O)cc(Br)c1OS(=O)(=O)c1cccc([N+](=O)[O-])c1. The normalized spacial score (nSPS) is 14.7. The molecule has 196 valence electrons. The van der Waals surface area contributed by atoms with E-state index in [1.54, 1.807) is 24.3 Å². The molecule has 2 amide bonds. The molecule has 0 bridgehead atoms. The molecule has 1 saturated heterocycles. The van der Waals surface area contributed by atoms with Gasteiger partial charge >= 0.3 is 10.1 Å². The second-order valence-electron chi connectivity index (χ2n) is 7.72. The molecule has 0 atom stereocenters. The number of nitro groups is 1. The molecule has 0 saturated carbocycles. The maximum Gasteiger partial charge on any atom is 0.339 e. The number of carbonyl (C=O) groups is 2. The molecule has 0 unspecified atom stereocenters. The number of nitrogens with zero attached hydrogens (tertiary/aromatic N) is 2. The van der Waals surface area contributed by atoms with Gasteiger partial charge in [-0.25, -0.2) is 0 Å². The van der Waals surface area contributed by atoms with Gasteiger partial charge in [0.15, 0.2) is 11.5 Å². The van der Waals surface area contributed by atoms with Gasteiger partial charge in [0.05, 0.1) is 28.0 Å². The third-order valence-electron chi connectivity index (χ3n) is 5.19.